The first-order chi connectivity index (χ1) is 14.7. The van der Waals surface area contributed by atoms with Crippen LogP contribution in [0.3, 0.4) is 0 Å². The smallest absolute Gasteiger partial charge is 0.231 e. The molecule has 7 nitrogen and oxygen atoms in total. The number of ether oxygens (including phenoxy) is 3. The summed E-state index contributed by atoms with van der Waals surface area (Å²) in [5.41, 5.74) is 2.39. The Hall–Kier alpha value is -3.32. The first-order valence-corrected chi connectivity index (χ1v) is 10.2. The van der Waals surface area contributed by atoms with E-state index in [9.17, 15) is 0 Å². The lowest BCUT2D eigenvalue weighted by molar-refractivity contribution is 0.174. The first kappa shape index (κ1) is 18.7. The molecule has 7 heteroatoms. The van der Waals surface area contributed by atoms with Gasteiger partial charge in [0.15, 0.2) is 11.5 Å². The average Bonchev–Trinajstić information content (AvgIpc) is 3.22. The molecule has 1 aromatic heterocycles. The van der Waals surface area contributed by atoms with Crippen molar-refractivity contribution in [1.82, 2.24) is 14.9 Å². The van der Waals surface area contributed by atoms with E-state index in [-0.39, 0.29) is 0 Å². The third-order valence-electron chi connectivity index (χ3n) is 5.38. The second-order valence-corrected chi connectivity index (χ2v) is 7.58. The molecule has 0 aliphatic carbocycles. The zero-order valence-corrected chi connectivity index (χ0v) is 17.0. The van der Waals surface area contributed by atoms with Gasteiger partial charge in [0.05, 0.1) is 0 Å². The molecule has 0 N–H and O–H groups in total. The van der Waals surface area contributed by atoms with Crippen molar-refractivity contribution in [2.45, 2.75) is 13.5 Å². The third-order valence-corrected chi connectivity index (χ3v) is 5.38. The van der Waals surface area contributed by atoms with Gasteiger partial charge in [0.2, 0.25) is 12.7 Å². The van der Waals surface area contributed by atoms with Crippen molar-refractivity contribution < 1.29 is 14.2 Å². The topological polar surface area (TPSA) is 60.0 Å². The number of rotatable bonds is 5. The number of benzene rings is 2. The molecule has 2 aromatic carbocycles. The van der Waals surface area contributed by atoms with Gasteiger partial charge in [-0.3, -0.25) is 4.90 Å². The van der Waals surface area contributed by atoms with Crippen LogP contribution in [0.1, 0.15) is 11.1 Å². The van der Waals surface area contributed by atoms with E-state index in [2.05, 4.69) is 31.9 Å². The Labute approximate surface area is 175 Å². The summed E-state index contributed by atoms with van der Waals surface area (Å²) >= 11 is 0. The Morgan fingerprint density at radius 2 is 1.80 bits per heavy atom. The lowest BCUT2D eigenvalue weighted by Crippen LogP contribution is -2.46. The highest BCUT2D eigenvalue weighted by atomic mass is 16.7. The highest BCUT2D eigenvalue weighted by Gasteiger charge is 2.20. The van der Waals surface area contributed by atoms with Crippen molar-refractivity contribution >= 4 is 5.82 Å². The number of aryl methyl sites for hydroxylation is 1. The van der Waals surface area contributed by atoms with Crippen LogP contribution in [0.25, 0.3) is 0 Å². The molecule has 3 aromatic rings. The molecular formula is C23H24N4O3. The molecule has 154 valence electrons. The quantitative estimate of drug-likeness (QED) is 0.644. The third kappa shape index (κ3) is 4.16. The van der Waals surface area contributed by atoms with Crippen LogP contribution in [0.5, 0.6) is 23.1 Å². The Morgan fingerprint density at radius 1 is 0.933 bits per heavy atom. The van der Waals surface area contributed by atoms with Crippen molar-refractivity contribution in [3.63, 3.8) is 0 Å². The molecule has 1 saturated heterocycles. The molecule has 3 heterocycles. The number of nitrogens with zero attached hydrogens (tertiary/aromatic N) is 4. The van der Waals surface area contributed by atoms with Crippen LogP contribution < -0.4 is 19.1 Å². The zero-order chi connectivity index (χ0) is 20.3. The molecule has 0 amide bonds. The summed E-state index contributed by atoms with van der Waals surface area (Å²) in [7, 11) is 0. The normalized spacial score (nSPS) is 16.0. The van der Waals surface area contributed by atoms with Gasteiger partial charge < -0.3 is 19.1 Å². The summed E-state index contributed by atoms with van der Waals surface area (Å²) in [4.78, 5) is 13.4. The van der Waals surface area contributed by atoms with Gasteiger partial charge in [-0.05, 0) is 42.3 Å². The van der Waals surface area contributed by atoms with E-state index in [0.29, 0.717) is 12.7 Å². The minimum atomic E-state index is 0.311. The van der Waals surface area contributed by atoms with Crippen LogP contribution in [0.2, 0.25) is 0 Å². The SMILES string of the molecule is Cc1cccc(Oc2cc(N3CCN(Cc4ccc5c(c4)OCO5)CC3)ncn2)c1. The molecule has 5 rings (SSSR count). The summed E-state index contributed by atoms with van der Waals surface area (Å²) in [6.45, 7) is 7.00. The van der Waals surface area contributed by atoms with Crippen LogP contribution in [0.15, 0.2) is 54.9 Å². The summed E-state index contributed by atoms with van der Waals surface area (Å²) in [5, 5.41) is 0. The minimum Gasteiger partial charge on any atom is -0.454 e. The molecule has 2 aliphatic rings. The van der Waals surface area contributed by atoms with Gasteiger partial charge in [-0.15, -0.1) is 0 Å². The molecule has 0 unspecified atom stereocenters. The van der Waals surface area contributed by atoms with Gasteiger partial charge in [-0.1, -0.05) is 18.2 Å². The number of piperazine rings is 1. The number of hydrogen-bond donors (Lipinski definition) is 0. The zero-order valence-electron chi connectivity index (χ0n) is 17.0. The monoisotopic (exact) mass is 404 g/mol. The molecule has 0 saturated carbocycles. The van der Waals surface area contributed by atoms with Gasteiger partial charge in [0, 0.05) is 38.8 Å². The Bertz CT molecular complexity index is 1030. The highest BCUT2D eigenvalue weighted by molar-refractivity contribution is 5.45. The molecular weight excluding hydrogens is 380 g/mol. The predicted octanol–water partition coefficient (Wildman–Crippen LogP) is 3.63. The van der Waals surface area contributed by atoms with Gasteiger partial charge in [-0.25, -0.2) is 9.97 Å². The average molecular weight is 404 g/mol. The van der Waals surface area contributed by atoms with Crippen LogP contribution in [0, 0.1) is 6.92 Å². The van der Waals surface area contributed by atoms with Crippen LogP contribution >= 0.6 is 0 Å². The molecule has 2 aliphatic heterocycles. The Kier molecular flexibility index (Phi) is 5.11. The number of aromatic nitrogens is 2. The predicted molar refractivity (Wildman–Crippen MR) is 113 cm³/mol. The first-order valence-electron chi connectivity index (χ1n) is 10.2. The second kappa shape index (κ2) is 8.20. The van der Waals surface area contributed by atoms with Crippen LogP contribution in [-0.2, 0) is 6.54 Å². The summed E-state index contributed by atoms with van der Waals surface area (Å²) in [5.74, 6) is 3.92. The maximum absolute atomic E-state index is 5.92. The molecule has 1 fully saturated rings. The Morgan fingerprint density at radius 3 is 2.67 bits per heavy atom. The van der Waals surface area contributed by atoms with Crippen molar-refractivity contribution in [1.29, 1.82) is 0 Å². The van der Waals surface area contributed by atoms with Gasteiger partial charge in [0.1, 0.15) is 17.9 Å². The van der Waals surface area contributed by atoms with E-state index in [4.69, 9.17) is 14.2 Å². The van der Waals surface area contributed by atoms with E-state index in [1.807, 2.05) is 43.3 Å². The fourth-order valence-corrected chi connectivity index (χ4v) is 3.79. The van der Waals surface area contributed by atoms with Crippen molar-refractivity contribution in [2.75, 3.05) is 37.9 Å². The van der Waals surface area contributed by atoms with Crippen LogP contribution in [-0.4, -0.2) is 47.8 Å². The standard InChI is InChI=1S/C23H24N4O3/c1-17-3-2-4-19(11-17)30-23-13-22(24-15-25-23)27-9-7-26(8-10-27)14-18-5-6-20-21(12-18)29-16-28-20/h2-6,11-13,15H,7-10,14,16H2,1H3. The van der Waals surface area contributed by atoms with E-state index in [0.717, 1.165) is 61.4 Å². The fraction of sp³-hybridized carbons (Fsp3) is 0.304. The maximum atomic E-state index is 5.92. The summed E-state index contributed by atoms with van der Waals surface area (Å²) < 4.78 is 16.8. The Balaban J connectivity index is 1.19. The van der Waals surface area contributed by atoms with Gasteiger partial charge >= 0.3 is 0 Å². The maximum Gasteiger partial charge on any atom is 0.231 e. The van der Waals surface area contributed by atoms with Crippen LogP contribution in [0.4, 0.5) is 5.82 Å². The fourth-order valence-electron chi connectivity index (χ4n) is 3.79. The summed E-state index contributed by atoms with van der Waals surface area (Å²) in [6, 6.07) is 16.0. The lowest BCUT2D eigenvalue weighted by atomic mass is 10.1. The number of hydrogen-bond acceptors (Lipinski definition) is 7. The molecule has 30 heavy (non-hydrogen) atoms. The molecule has 0 radical (unpaired) electrons. The lowest BCUT2D eigenvalue weighted by Gasteiger charge is -2.35. The second-order valence-electron chi connectivity index (χ2n) is 7.58. The van der Waals surface area contributed by atoms with Gasteiger partial charge in [-0.2, -0.15) is 0 Å². The molecule has 0 spiro atoms. The van der Waals surface area contributed by atoms with Gasteiger partial charge in [0.25, 0.3) is 0 Å². The summed E-state index contributed by atoms with van der Waals surface area (Å²) in [6.07, 6.45) is 1.57. The minimum absolute atomic E-state index is 0.311. The van der Waals surface area contributed by atoms with E-state index in [1.54, 1.807) is 6.33 Å². The molecule has 0 atom stereocenters. The van der Waals surface area contributed by atoms with Crippen molar-refractivity contribution in [2.24, 2.45) is 0 Å². The van der Waals surface area contributed by atoms with Crippen molar-refractivity contribution in [3.05, 3.63) is 66.0 Å². The largest absolute Gasteiger partial charge is 0.454 e. The van der Waals surface area contributed by atoms with E-state index >= 15 is 0 Å². The number of anilines is 1. The number of fused-ring (bicyclic) bond motifs is 1. The highest BCUT2D eigenvalue weighted by Crippen LogP contribution is 2.33. The van der Waals surface area contributed by atoms with Crippen molar-refractivity contribution in [3.8, 4) is 23.1 Å². The van der Waals surface area contributed by atoms with E-state index < -0.39 is 0 Å². The van der Waals surface area contributed by atoms with E-state index in [1.165, 1.54) is 5.56 Å². The molecule has 0 bridgehead atoms.